The summed E-state index contributed by atoms with van der Waals surface area (Å²) in [5.41, 5.74) is 1.04. The molecule has 14 heavy (non-hydrogen) atoms. The molecule has 0 saturated carbocycles. The molecule has 0 atom stereocenters. The third kappa shape index (κ3) is 4.10. The lowest BCUT2D eigenvalue weighted by Crippen LogP contribution is -1.84. The van der Waals surface area contributed by atoms with Crippen molar-refractivity contribution in [3.63, 3.8) is 0 Å². The predicted octanol–water partition coefficient (Wildman–Crippen LogP) is 3.15. The van der Waals surface area contributed by atoms with Crippen molar-refractivity contribution in [3.8, 4) is 0 Å². The molecule has 1 aromatic carbocycles. The summed E-state index contributed by atoms with van der Waals surface area (Å²) in [6.07, 6.45) is 5.13. The molecule has 2 heteroatoms. The first kappa shape index (κ1) is 10.8. The highest BCUT2D eigenvalue weighted by Crippen LogP contribution is 2.06. The van der Waals surface area contributed by atoms with E-state index < -0.39 is 0 Å². The van der Waals surface area contributed by atoms with Crippen molar-refractivity contribution in [2.75, 3.05) is 5.75 Å². The smallest absolute Gasteiger partial charge is 0.212 e. The van der Waals surface area contributed by atoms with E-state index in [4.69, 9.17) is 0 Å². The van der Waals surface area contributed by atoms with Gasteiger partial charge in [-0.2, -0.15) is 0 Å². The Labute approximate surface area is 88.5 Å². The van der Waals surface area contributed by atoms with Gasteiger partial charge in [-0.3, -0.25) is 4.79 Å². The summed E-state index contributed by atoms with van der Waals surface area (Å²) in [6, 6.07) is 9.76. The summed E-state index contributed by atoms with van der Waals surface area (Å²) in [5.74, 6) is 0.665. The first-order valence-corrected chi connectivity index (χ1v) is 5.32. The third-order valence-electron chi connectivity index (χ3n) is 1.55. The number of rotatable bonds is 4. The number of hydrogen-bond donors (Lipinski definition) is 0. The molecule has 1 aromatic rings. The van der Waals surface area contributed by atoms with Crippen LogP contribution in [0.4, 0.5) is 0 Å². The van der Waals surface area contributed by atoms with Gasteiger partial charge in [0.15, 0.2) is 0 Å². The second kappa shape index (κ2) is 6.22. The highest BCUT2D eigenvalue weighted by Gasteiger charge is 1.93. The standard InChI is InChI=1S/C12H12OS/c1-2-10-14-12(13)9-8-11-6-4-3-5-7-11/h2-9H,1,10H2. The highest BCUT2D eigenvalue weighted by atomic mass is 32.2. The van der Waals surface area contributed by atoms with Gasteiger partial charge in [0.25, 0.3) is 0 Å². The van der Waals surface area contributed by atoms with Crippen molar-refractivity contribution in [1.82, 2.24) is 0 Å². The van der Waals surface area contributed by atoms with Gasteiger partial charge in [0, 0.05) is 5.75 Å². The summed E-state index contributed by atoms with van der Waals surface area (Å²) in [6.45, 7) is 3.55. The SMILES string of the molecule is C=CCSC(=O)C=Cc1ccccc1. The molecule has 0 aromatic heterocycles. The van der Waals surface area contributed by atoms with Crippen LogP contribution in [0.25, 0.3) is 6.08 Å². The Morgan fingerprint density at radius 3 is 2.71 bits per heavy atom. The van der Waals surface area contributed by atoms with Crippen LogP contribution < -0.4 is 0 Å². The molecule has 0 radical (unpaired) electrons. The quantitative estimate of drug-likeness (QED) is 0.553. The van der Waals surface area contributed by atoms with E-state index >= 15 is 0 Å². The zero-order chi connectivity index (χ0) is 10.2. The lowest BCUT2D eigenvalue weighted by atomic mass is 10.2. The second-order valence-electron chi connectivity index (χ2n) is 2.66. The number of benzene rings is 1. The maximum atomic E-state index is 11.2. The zero-order valence-electron chi connectivity index (χ0n) is 7.85. The molecule has 1 nitrogen and oxygen atoms in total. The number of hydrogen-bond acceptors (Lipinski definition) is 2. The van der Waals surface area contributed by atoms with Gasteiger partial charge < -0.3 is 0 Å². The molecule has 0 bridgehead atoms. The Balaban J connectivity index is 2.48. The first-order chi connectivity index (χ1) is 6.83. The number of thioether (sulfide) groups is 1. The monoisotopic (exact) mass is 204 g/mol. The van der Waals surface area contributed by atoms with Crippen LogP contribution in [0.2, 0.25) is 0 Å². The summed E-state index contributed by atoms with van der Waals surface area (Å²) < 4.78 is 0. The maximum absolute atomic E-state index is 11.2. The van der Waals surface area contributed by atoms with E-state index in [1.165, 1.54) is 11.8 Å². The lowest BCUT2D eigenvalue weighted by Gasteiger charge is -1.91. The van der Waals surface area contributed by atoms with Crippen LogP contribution >= 0.6 is 11.8 Å². The highest BCUT2D eigenvalue weighted by molar-refractivity contribution is 8.14. The zero-order valence-corrected chi connectivity index (χ0v) is 8.67. The lowest BCUT2D eigenvalue weighted by molar-refractivity contribution is -0.106. The summed E-state index contributed by atoms with van der Waals surface area (Å²) in [5, 5.41) is 0.0637. The van der Waals surface area contributed by atoms with Crippen LogP contribution in [-0.2, 0) is 4.79 Å². The maximum Gasteiger partial charge on any atom is 0.212 e. The van der Waals surface area contributed by atoms with E-state index in [9.17, 15) is 4.79 Å². The van der Waals surface area contributed by atoms with E-state index in [2.05, 4.69) is 6.58 Å². The molecular formula is C12H12OS. The van der Waals surface area contributed by atoms with Crippen LogP contribution in [0.1, 0.15) is 5.56 Å². The predicted molar refractivity (Wildman–Crippen MR) is 63.1 cm³/mol. The summed E-state index contributed by atoms with van der Waals surface area (Å²) in [4.78, 5) is 11.2. The summed E-state index contributed by atoms with van der Waals surface area (Å²) in [7, 11) is 0. The third-order valence-corrected chi connectivity index (χ3v) is 2.38. The van der Waals surface area contributed by atoms with Crippen molar-refractivity contribution in [2.24, 2.45) is 0 Å². The van der Waals surface area contributed by atoms with Crippen molar-refractivity contribution in [2.45, 2.75) is 0 Å². The first-order valence-electron chi connectivity index (χ1n) is 4.33. The molecule has 0 N–H and O–H groups in total. The van der Waals surface area contributed by atoms with E-state index in [-0.39, 0.29) is 5.12 Å². The average molecular weight is 204 g/mol. The molecule has 1 rings (SSSR count). The van der Waals surface area contributed by atoms with Crippen LogP contribution in [0, 0.1) is 0 Å². The molecule has 0 heterocycles. The van der Waals surface area contributed by atoms with Crippen molar-refractivity contribution >= 4 is 23.0 Å². The fraction of sp³-hybridized carbons (Fsp3) is 0.0833. The van der Waals surface area contributed by atoms with E-state index in [0.29, 0.717) is 5.75 Å². The van der Waals surface area contributed by atoms with Gasteiger partial charge in [0.2, 0.25) is 5.12 Å². The Bertz CT molecular complexity index is 327. The summed E-state index contributed by atoms with van der Waals surface area (Å²) >= 11 is 1.25. The molecule has 0 aliphatic heterocycles. The largest absolute Gasteiger partial charge is 0.282 e. The molecule has 0 amide bonds. The topological polar surface area (TPSA) is 17.1 Å². The Morgan fingerprint density at radius 1 is 1.36 bits per heavy atom. The van der Waals surface area contributed by atoms with Crippen LogP contribution in [-0.4, -0.2) is 10.9 Å². The molecule has 0 saturated heterocycles. The van der Waals surface area contributed by atoms with Crippen LogP contribution in [0.3, 0.4) is 0 Å². The van der Waals surface area contributed by atoms with E-state index in [1.54, 1.807) is 12.2 Å². The molecule has 0 spiro atoms. The fourth-order valence-electron chi connectivity index (χ4n) is 0.918. The molecule has 72 valence electrons. The minimum absolute atomic E-state index is 0.0637. The van der Waals surface area contributed by atoms with Gasteiger partial charge in [0.05, 0.1) is 0 Å². The van der Waals surface area contributed by atoms with E-state index in [1.807, 2.05) is 36.4 Å². The number of carbonyl (C=O) groups excluding carboxylic acids is 1. The molecular weight excluding hydrogens is 192 g/mol. The van der Waals surface area contributed by atoms with Crippen LogP contribution in [0.15, 0.2) is 49.1 Å². The van der Waals surface area contributed by atoms with Gasteiger partial charge in [-0.15, -0.1) is 6.58 Å². The average Bonchev–Trinajstić information content (AvgIpc) is 2.25. The van der Waals surface area contributed by atoms with Gasteiger partial charge in [0.1, 0.15) is 0 Å². The van der Waals surface area contributed by atoms with Gasteiger partial charge in [-0.05, 0) is 11.6 Å². The molecule has 0 unspecified atom stereocenters. The minimum atomic E-state index is 0.0637. The Kier molecular flexibility index (Phi) is 4.79. The molecule has 0 aliphatic carbocycles. The van der Waals surface area contributed by atoms with Crippen molar-refractivity contribution in [1.29, 1.82) is 0 Å². The van der Waals surface area contributed by atoms with Crippen LogP contribution in [0.5, 0.6) is 0 Å². The second-order valence-corrected chi connectivity index (χ2v) is 3.69. The van der Waals surface area contributed by atoms with Gasteiger partial charge >= 0.3 is 0 Å². The molecule has 0 fully saturated rings. The van der Waals surface area contributed by atoms with Gasteiger partial charge in [-0.25, -0.2) is 0 Å². The van der Waals surface area contributed by atoms with Crippen molar-refractivity contribution < 1.29 is 4.79 Å². The van der Waals surface area contributed by atoms with Crippen molar-refractivity contribution in [3.05, 3.63) is 54.6 Å². The molecule has 0 aliphatic rings. The Hall–Kier alpha value is -1.28. The normalized spacial score (nSPS) is 10.3. The number of carbonyl (C=O) groups is 1. The minimum Gasteiger partial charge on any atom is -0.282 e. The fourth-order valence-corrected chi connectivity index (χ4v) is 1.36. The Morgan fingerprint density at radius 2 is 2.07 bits per heavy atom. The van der Waals surface area contributed by atoms with E-state index in [0.717, 1.165) is 5.56 Å². The van der Waals surface area contributed by atoms with Gasteiger partial charge in [-0.1, -0.05) is 54.2 Å².